The summed E-state index contributed by atoms with van der Waals surface area (Å²) in [6.07, 6.45) is 0.170. The summed E-state index contributed by atoms with van der Waals surface area (Å²) in [6.45, 7) is 1.59. The van der Waals surface area contributed by atoms with Crippen molar-refractivity contribution < 1.29 is 22.7 Å². The first-order chi connectivity index (χ1) is 8.49. The molecule has 7 heteroatoms. The van der Waals surface area contributed by atoms with Crippen molar-refractivity contribution in [3.8, 4) is 11.5 Å². The lowest BCUT2D eigenvalue weighted by molar-refractivity contribution is -0.116. The lowest BCUT2D eigenvalue weighted by Gasteiger charge is -2.06. The number of carbonyl (C=O) groups excluding carboxylic acids is 1. The van der Waals surface area contributed by atoms with Gasteiger partial charge in [-0.2, -0.15) is 0 Å². The van der Waals surface area contributed by atoms with E-state index in [0.29, 0.717) is 11.5 Å². The van der Waals surface area contributed by atoms with Gasteiger partial charge in [-0.15, -0.1) is 0 Å². The minimum absolute atomic E-state index is 0.0663. The van der Waals surface area contributed by atoms with Gasteiger partial charge in [-0.1, -0.05) is 0 Å². The van der Waals surface area contributed by atoms with Crippen molar-refractivity contribution in [1.29, 1.82) is 0 Å². The SMILES string of the molecule is CC(=O)CCNS(=O)(=O)c1ccc2c(c1)OCO2. The molecule has 0 spiro atoms. The van der Waals surface area contributed by atoms with Crippen LogP contribution in [0.4, 0.5) is 0 Å². The van der Waals surface area contributed by atoms with E-state index < -0.39 is 10.0 Å². The van der Waals surface area contributed by atoms with Crippen LogP contribution >= 0.6 is 0 Å². The smallest absolute Gasteiger partial charge is 0.240 e. The molecule has 18 heavy (non-hydrogen) atoms. The first-order valence-corrected chi connectivity index (χ1v) is 6.86. The third-order valence-electron chi connectivity index (χ3n) is 2.42. The van der Waals surface area contributed by atoms with Gasteiger partial charge in [0.2, 0.25) is 16.8 Å². The van der Waals surface area contributed by atoms with Crippen LogP contribution in [0.2, 0.25) is 0 Å². The quantitative estimate of drug-likeness (QED) is 0.851. The lowest BCUT2D eigenvalue weighted by atomic mass is 10.3. The second-order valence-corrected chi connectivity index (χ2v) is 5.63. The van der Waals surface area contributed by atoms with E-state index in [9.17, 15) is 13.2 Å². The van der Waals surface area contributed by atoms with Gasteiger partial charge >= 0.3 is 0 Å². The van der Waals surface area contributed by atoms with E-state index in [1.165, 1.54) is 19.1 Å². The Hall–Kier alpha value is -1.60. The standard InChI is InChI=1S/C11H13NO5S/c1-8(13)4-5-12-18(14,15)9-2-3-10-11(6-9)17-7-16-10/h2-3,6,12H,4-5,7H2,1H3. The summed E-state index contributed by atoms with van der Waals surface area (Å²) in [6, 6.07) is 4.38. The first-order valence-electron chi connectivity index (χ1n) is 5.38. The number of fused-ring (bicyclic) bond motifs is 1. The number of carbonyl (C=O) groups is 1. The van der Waals surface area contributed by atoms with E-state index >= 15 is 0 Å². The Morgan fingerprint density at radius 3 is 2.78 bits per heavy atom. The van der Waals surface area contributed by atoms with Gasteiger partial charge in [-0.3, -0.25) is 4.79 Å². The normalized spacial score (nSPS) is 13.6. The van der Waals surface area contributed by atoms with E-state index in [2.05, 4.69) is 4.72 Å². The zero-order valence-corrected chi connectivity index (χ0v) is 10.6. The molecule has 0 atom stereocenters. The highest BCUT2D eigenvalue weighted by Crippen LogP contribution is 2.33. The van der Waals surface area contributed by atoms with Gasteiger partial charge in [-0.25, -0.2) is 13.1 Å². The molecule has 0 saturated heterocycles. The van der Waals surface area contributed by atoms with Gasteiger partial charge in [0.05, 0.1) is 4.90 Å². The number of rotatable bonds is 5. The highest BCUT2D eigenvalue weighted by atomic mass is 32.2. The van der Waals surface area contributed by atoms with Crippen molar-refractivity contribution in [3.63, 3.8) is 0 Å². The zero-order chi connectivity index (χ0) is 13.2. The molecule has 1 heterocycles. The maximum absolute atomic E-state index is 11.9. The van der Waals surface area contributed by atoms with E-state index in [1.54, 1.807) is 6.07 Å². The molecule has 1 aliphatic rings. The summed E-state index contributed by atoms with van der Waals surface area (Å²) in [5, 5.41) is 0. The molecule has 0 aromatic heterocycles. The van der Waals surface area contributed by atoms with Crippen LogP contribution in [0.5, 0.6) is 11.5 Å². The number of Topliss-reactive ketones (excluding diaryl/α,β-unsaturated/α-hetero) is 1. The van der Waals surface area contributed by atoms with Gasteiger partial charge < -0.3 is 9.47 Å². The fraction of sp³-hybridized carbons (Fsp3) is 0.364. The van der Waals surface area contributed by atoms with Crippen molar-refractivity contribution in [2.75, 3.05) is 13.3 Å². The van der Waals surface area contributed by atoms with E-state index in [4.69, 9.17) is 9.47 Å². The highest BCUT2D eigenvalue weighted by molar-refractivity contribution is 7.89. The van der Waals surface area contributed by atoms with E-state index in [1.807, 2.05) is 0 Å². The van der Waals surface area contributed by atoms with Crippen LogP contribution < -0.4 is 14.2 Å². The van der Waals surface area contributed by atoms with Crippen molar-refractivity contribution >= 4 is 15.8 Å². The summed E-state index contributed by atoms with van der Waals surface area (Å²) < 4.78 is 36.3. The first kappa shape index (κ1) is 12.8. The van der Waals surface area contributed by atoms with Gasteiger partial charge in [0.1, 0.15) is 5.78 Å². The summed E-state index contributed by atoms with van der Waals surface area (Å²) in [5.41, 5.74) is 0. The van der Waals surface area contributed by atoms with Crippen LogP contribution in [-0.2, 0) is 14.8 Å². The topological polar surface area (TPSA) is 81.7 Å². The number of hydrogen-bond acceptors (Lipinski definition) is 5. The largest absolute Gasteiger partial charge is 0.454 e. The summed E-state index contributed by atoms with van der Waals surface area (Å²) >= 11 is 0. The number of ether oxygens (including phenoxy) is 2. The molecule has 0 unspecified atom stereocenters. The molecule has 1 aromatic rings. The van der Waals surface area contributed by atoms with Gasteiger partial charge in [-0.05, 0) is 19.1 Å². The third kappa shape index (κ3) is 2.80. The van der Waals surface area contributed by atoms with Crippen molar-refractivity contribution in [2.24, 2.45) is 0 Å². The van der Waals surface area contributed by atoms with Crippen molar-refractivity contribution in [1.82, 2.24) is 4.72 Å². The van der Waals surface area contributed by atoms with Crippen LogP contribution in [0.15, 0.2) is 23.1 Å². The van der Waals surface area contributed by atoms with Crippen LogP contribution in [0, 0.1) is 0 Å². The molecular formula is C11H13NO5S. The molecule has 0 aliphatic carbocycles. The molecule has 1 aromatic carbocycles. The van der Waals surface area contributed by atoms with Crippen molar-refractivity contribution in [3.05, 3.63) is 18.2 Å². The Kier molecular flexibility index (Phi) is 3.53. The lowest BCUT2D eigenvalue weighted by Crippen LogP contribution is -2.25. The van der Waals surface area contributed by atoms with Crippen LogP contribution in [0.3, 0.4) is 0 Å². The Morgan fingerprint density at radius 2 is 2.06 bits per heavy atom. The number of benzene rings is 1. The van der Waals surface area contributed by atoms with Gasteiger partial charge in [0.15, 0.2) is 11.5 Å². The van der Waals surface area contributed by atoms with Crippen molar-refractivity contribution in [2.45, 2.75) is 18.2 Å². The Bertz CT molecular complexity index is 567. The van der Waals surface area contributed by atoms with E-state index in [0.717, 1.165) is 0 Å². The number of hydrogen-bond donors (Lipinski definition) is 1. The minimum atomic E-state index is -3.62. The number of sulfonamides is 1. The molecule has 0 radical (unpaired) electrons. The average molecular weight is 271 g/mol. The predicted octanol–water partition coefficient (Wildman–Crippen LogP) is 0.673. The Balaban J connectivity index is 2.12. The molecule has 6 nitrogen and oxygen atoms in total. The summed E-state index contributed by atoms with van der Waals surface area (Å²) in [7, 11) is -3.62. The molecule has 98 valence electrons. The molecule has 0 bridgehead atoms. The van der Waals surface area contributed by atoms with Crippen LogP contribution in [0.1, 0.15) is 13.3 Å². The molecule has 1 aliphatic heterocycles. The number of nitrogens with one attached hydrogen (secondary N) is 1. The fourth-order valence-electron chi connectivity index (χ4n) is 1.49. The predicted molar refractivity (Wildman–Crippen MR) is 63.1 cm³/mol. The average Bonchev–Trinajstić information content (AvgIpc) is 2.74. The van der Waals surface area contributed by atoms with E-state index in [-0.39, 0.29) is 30.4 Å². The molecule has 0 amide bonds. The molecule has 0 fully saturated rings. The molecule has 1 N–H and O–H groups in total. The Labute approximate surface area is 105 Å². The maximum atomic E-state index is 11.9. The summed E-state index contributed by atoms with van der Waals surface area (Å²) in [4.78, 5) is 10.8. The second kappa shape index (κ2) is 4.95. The summed E-state index contributed by atoms with van der Waals surface area (Å²) in [5.74, 6) is 0.866. The monoisotopic (exact) mass is 271 g/mol. The minimum Gasteiger partial charge on any atom is -0.454 e. The fourth-order valence-corrected chi connectivity index (χ4v) is 2.54. The Morgan fingerprint density at radius 1 is 1.33 bits per heavy atom. The zero-order valence-electron chi connectivity index (χ0n) is 9.80. The van der Waals surface area contributed by atoms with Crippen LogP contribution in [0.25, 0.3) is 0 Å². The van der Waals surface area contributed by atoms with Gasteiger partial charge in [0, 0.05) is 19.0 Å². The number of ketones is 1. The highest BCUT2D eigenvalue weighted by Gasteiger charge is 2.19. The maximum Gasteiger partial charge on any atom is 0.240 e. The molecular weight excluding hydrogens is 258 g/mol. The van der Waals surface area contributed by atoms with Gasteiger partial charge in [0.25, 0.3) is 0 Å². The molecule has 2 rings (SSSR count). The van der Waals surface area contributed by atoms with Crippen LogP contribution in [-0.4, -0.2) is 27.5 Å². The third-order valence-corrected chi connectivity index (χ3v) is 3.88. The molecule has 0 saturated carbocycles. The second-order valence-electron chi connectivity index (χ2n) is 3.86.